The van der Waals surface area contributed by atoms with Gasteiger partial charge >= 0.3 is 0 Å². The van der Waals surface area contributed by atoms with Crippen molar-refractivity contribution < 1.29 is 18.7 Å². The number of benzene rings is 2. The molecule has 0 bridgehead atoms. The van der Waals surface area contributed by atoms with Crippen LogP contribution in [0.25, 0.3) is 0 Å². The molecule has 8 nitrogen and oxygen atoms in total. The van der Waals surface area contributed by atoms with Crippen molar-refractivity contribution in [2.45, 2.75) is 0 Å². The van der Waals surface area contributed by atoms with Crippen LogP contribution in [0.2, 0.25) is 0 Å². The summed E-state index contributed by atoms with van der Waals surface area (Å²) in [7, 11) is 0. The number of nitrogens with zero attached hydrogens (tertiary/aromatic N) is 2. The summed E-state index contributed by atoms with van der Waals surface area (Å²) in [6.45, 7) is 0.954. The Morgan fingerprint density at radius 2 is 1.73 bits per heavy atom. The summed E-state index contributed by atoms with van der Waals surface area (Å²) >= 11 is 0. The van der Waals surface area contributed by atoms with E-state index in [1.165, 1.54) is 24.3 Å². The summed E-state index contributed by atoms with van der Waals surface area (Å²) in [6.07, 6.45) is 0. The van der Waals surface area contributed by atoms with Gasteiger partial charge in [0.05, 0.1) is 0 Å². The molecule has 132 valence electrons. The molecule has 0 saturated carbocycles. The van der Waals surface area contributed by atoms with Crippen LogP contribution in [0.1, 0.15) is 10.5 Å². The van der Waals surface area contributed by atoms with Gasteiger partial charge in [-0.25, -0.2) is 4.39 Å². The monoisotopic (exact) mass is 355 g/mol. The molecule has 1 aromatic heterocycles. The number of amides is 1. The fourth-order valence-corrected chi connectivity index (χ4v) is 2.46. The van der Waals surface area contributed by atoms with Crippen LogP contribution in [0.15, 0.2) is 42.5 Å². The zero-order valence-electron chi connectivity index (χ0n) is 13.5. The third-order valence-electron chi connectivity index (χ3n) is 3.67. The number of ether oxygens (including phenoxy) is 2. The van der Waals surface area contributed by atoms with Gasteiger partial charge in [-0.15, -0.1) is 10.2 Å². The molecule has 0 spiro atoms. The van der Waals surface area contributed by atoms with Crippen LogP contribution in [0, 0.1) is 5.82 Å². The standard InChI is InChI=1S/C17H14FN5O3/c18-10-1-3-11(4-2-10)19-16-15(21-23-22-16)17(24)20-12-5-6-13-14(9-12)26-8-7-25-13/h1-6,9H,7-8H2,(H,20,24)(H2,19,21,22,23). The lowest BCUT2D eigenvalue weighted by Crippen LogP contribution is -2.17. The van der Waals surface area contributed by atoms with Crippen molar-refractivity contribution >= 4 is 23.1 Å². The van der Waals surface area contributed by atoms with Crippen molar-refractivity contribution in [2.75, 3.05) is 23.8 Å². The SMILES string of the molecule is O=C(Nc1ccc2c(c1)OCCO2)c1n[nH]nc1Nc1ccc(F)cc1. The van der Waals surface area contributed by atoms with Crippen LogP contribution in [-0.4, -0.2) is 34.5 Å². The molecule has 0 aliphatic carbocycles. The molecule has 0 radical (unpaired) electrons. The summed E-state index contributed by atoms with van der Waals surface area (Å²) in [5.74, 6) is 0.618. The number of H-pyrrole nitrogens is 1. The van der Waals surface area contributed by atoms with E-state index in [2.05, 4.69) is 26.0 Å². The van der Waals surface area contributed by atoms with Crippen LogP contribution >= 0.6 is 0 Å². The predicted molar refractivity (Wildman–Crippen MR) is 91.5 cm³/mol. The molecule has 1 aliphatic rings. The number of aromatic nitrogens is 3. The van der Waals surface area contributed by atoms with E-state index in [1.807, 2.05) is 0 Å². The number of carbonyl (C=O) groups excluding carboxylic acids is 1. The van der Waals surface area contributed by atoms with E-state index in [9.17, 15) is 9.18 Å². The minimum absolute atomic E-state index is 0.0733. The first-order valence-electron chi connectivity index (χ1n) is 7.83. The number of aromatic amines is 1. The second-order valence-corrected chi connectivity index (χ2v) is 5.47. The Labute approximate surface area is 147 Å². The average Bonchev–Trinajstić information content (AvgIpc) is 3.12. The molecule has 2 heterocycles. The molecule has 3 aromatic rings. The highest BCUT2D eigenvalue weighted by Crippen LogP contribution is 2.32. The minimum Gasteiger partial charge on any atom is -0.486 e. The predicted octanol–water partition coefficient (Wildman–Crippen LogP) is 2.71. The molecule has 0 atom stereocenters. The summed E-state index contributed by atoms with van der Waals surface area (Å²) in [5.41, 5.74) is 1.19. The molecule has 2 aromatic carbocycles. The molecule has 3 N–H and O–H groups in total. The van der Waals surface area contributed by atoms with Crippen molar-refractivity contribution in [1.82, 2.24) is 15.4 Å². The van der Waals surface area contributed by atoms with Crippen molar-refractivity contribution in [1.29, 1.82) is 0 Å². The average molecular weight is 355 g/mol. The first-order chi connectivity index (χ1) is 12.7. The number of nitrogens with one attached hydrogen (secondary N) is 3. The highest BCUT2D eigenvalue weighted by Gasteiger charge is 2.18. The minimum atomic E-state index is -0.458. The molecule has 0 unspecified atom stereocenters. The lowest BCUT2D eigenvalue weighted by molar-refractivity contribution is 0.102. The fourth-order valence-electron chi connectivity index (χ4n) is 2.46. The first-order valence-corrected chi connectivity index (χ1v) is 7.83. The van der Waals surface area contributed by atoms with Gasteiger partial charge in [0, 0.05) is 17.4 Å². The second-order valence-electron chi connectivity index (χ2n) is 5.47. The van der Waals surface area contributed by atoms with E-state index in [4.69, 9.17) is 9.47 Å². The van der Waals surface area contributed by atoms with Crippen LogP contribution in [-0.2, 0) is 0 Å². The Morgan fingerprint density at radius 1 is 1.00 bits per heavy atom. The normalized spacial score (nSPS) is 12.5. The van der Waals surface area contributed by atoms with Crippen LogP contribution in [0.3, 0.4) is 0 Å². The number of halogens is 1. The lowest BCUT2D eigenvalue weighted by Gasteiger charge is -2.18. The maximum Gasteiger partial charge on any atom is 0.280 e. The van der Waals surface area contributed by atoms with Gasteiger partial charge < -0.3 is 20.1 Å². The summed E-state index contributed by atoms with van der Waals surface area (Å²) in [6, 6.07) is 10.8. The third-order valence-corrected chi connectivity index (χ3v) is 3.67. The van der Waals surface area contributed by atoms with Gasteiger partial charge in [-0.1, -0.05) is 0 Å². The highest BCUT2D eigenvalue weighted by atomic mass is 19.1. The molecule has 26 heavy (non-hydrogen) atoms. The van der Waals surface area contributed by atoms with E-state index < -0.39 is 5.91 Å². The molecule has 9 heteroatoms. The Balaban J connectivity index is 1.50. The summed E-state index contributed by atoms with van der Waals surface area (Å²) in [5, 5.41) is 15.8. The zero-order valence-corrected chi connectivity index (χ0v) is 13.5. The van der Waals surface area contributed by atoms with Gasteiger partial charge in [-0.2, -0.15) is 5.21 Å². The van der Waals surface area contributed by atoms with Crippen LogP contribution in [0.5, 0.6) is 11.5 Å². The van der Waals surface area contributed by atoms with Gasteiger partial charge in [0.1, 0.15) is 19.0 Å². The van der Waals surface area contributed by atoms with Crippen LogP contribution < -0.4 is 20.1 Å². The van der Waals surface area contributed by atoms with Gasteiger partial charge in [-0.3, -0.25) is 4.79 Å². The maximum atomic E-state index is 13.0. The van der Waals surface area contributed by atoms with Crippen molar-refractivity contribution in [3.8, 4) is 11.5 Å². The van der Waals surface area contributed by atoms with E-state index in [1.54, 1.807) is 18.2 Å². The summed E-state index contributed by atoms with van der Waals surface area (Å²) < 4.78 is 23.9. The Morgan fingerprint density at radius 3 is 2.54 bits per heavy atom. The number of fused-ring (bicyclic) bond motifs is 1. The molecule has 1 amide bonds. The fraction of sp³-hybridized carbons (Fsp3) is 0.118. The third kappa shape index (κ3) is 3.27. The molecular formula is C17H14FN5O3. The number of hydrogen-bond donors (Lipinski definition) is 3. The van der Waals surface area contributed by atoms with Crippen LogP contribution in [0.4, 0.5) is 21.6 Å². The van der Waals surface area contributed by atoms with E-state index in [0.717, 1.165) is 0 Å². The van der Waals surface area contributed by atoms with Crippen molar-refractivity contribution in [3.05, 3.63) is 54.0 Å². The van der Waals surface area contributed by atoms with Gasteiger partial charge in [0.25, 0.3) is 5.91 Å². The second kappa shape index (κ2) is 6.71. The topological polar surface area (TPSA) is 101 Å². The largest absolute Gasteiger partial charge is 0.486 e. The number of hydrogen-bond acceptors (Lipinski definition) is 6. The number of rotatable bonds is 4. The molecule has 4 rings (SSSR count). The van der Waals surface area contributed by atoms with Crippen molar-refractivity contribution in [3.63, 3.8) is 0 Å². The summed E-state index contributed by atoms with van der Waals surface area (Å²) in [4.78, 5) is 12.5. The number of carbonyl (C=O) groups is 1. The zero-order chi connectivity index (χ0) is 17.9. The van der Waals surface area contributed by atoms with Gasteiger partial charge in [-0.05, 0) is 36.4 Å². The first kappa shape index (κ1) is 15.9. The molecule has 0 fully saturated rings. The maximum absolute atomic E-state index is 13.0. The lowest BCUT2D eigenvalue weighted by atomic mass is 10.2. The Bertz CT molecular complexity index is 942. The van der Waals surface area contributed by atoms with Crippen molar-refractivity contribution in [2.24, 2.45) is 0 Å². The van der Waals surface area contributed by atoms with E-state index in [0.29, 0.717) is 36.1 Å². The molecule has 0 saturated heterocycles. The quantitative estimate of drug-likeness (QED) is 0.665. The Hall–Kier alpha value is -3.62. The van der Waals surface area contributed by atoms with Gasteiger partial charge in [0.15, 0.2) is 23.0 Å². The molecule has 1 aliphatic heterocycles. The Kier molecular flexibility index (Phi) is 4.10. The van der Waals surface area contributed by atoms with E-state index >= 15 is 0 Å². The number of anilines is 3. The smallest absolute Gasteiger partial charge is 0.280 e. The highest BCUT2D eigenvalue weighted by molar-refractivity contribution is 6.06. The molecular weight excluding hydrogens is 341 g/mol. The van der Waals surface area contributed by atoms with Gasteiger partial charge in [0.2, 0.25) is 0 Å². The van der Waals surface area contributed by atoms with E-state index in [-0.39, 0.29) is 17.3 Å².